The standard InChI is InChI=1S/C20H10Cl3FN2O/c21-14-5-3-6-15(22)19(14)26-18(27)9-8-12-13(10-17(23)25-20(12)26)11-4-1-2-7-16(11)24/h1-10H. The van der Waals surface area contributed by atoms with Gasteiger partial charge in [0.1, 0.15) is 16.6 Å². The van der Waals surface area contributed by atoms with Gasteiger partial charge in [-0.05, 0) is 35.9 Å². The quantitative estimate of drug-likeness (QED) is 0.365. The summed E-state index contributed by atoms with van der Waals surface area (Å²) in [5.74, 6) is -0.408. The lowest BCUT2D eigenvalue weighted by molar-refractivity contribution is 0.631. The fourth-order valence-corrected chi connectivity index (χ4v) is 3.76. The van der Waals surface area contributed by atoms with Gasteiger partial charge in [-0.1, -0.05) is 59.1 Å². The highest BCUT2D eigenvalue weighted by Gasteiger charge is 2.18. The molecule has 4 aromatic rings. The zero-order valence-corrected chi connectivity index (χ0v) is 15.9. The van der Waals surface area contributed by atoms with E-state index >= 15 is 0 Å². The Morgan fingerprint density at radius 3 is 2.26 bits per heavy atom. The zero-order valence-electron chi connectivity index (χ0n) is 13.6. The van der Waals surface area contributed by atoms with Crippen molar-refractivity contribution in [2.45, 2.75) is 0 Å². The predicted octanol–water partition coefficient (Wildman–Crippen LogP) is 6.15. The molecular weight excluding hydrogens is 410 g/mol. The molecule has 134 valence electrons. The first-order valence-corrected chi connectivity index (χ1v) is 9.02. The predicted molar refractivity (Wildman–Crippen MR) is 108 cm³/mol. The van der Waals surface area contributed by atoms with E-state index in [1.165, 1.54) is 16.7 Å². The summed E-state index contributed by atoms with van der Waals surface area (Å²) in [5, 5.41) is 1.22. The van der Waals surface area contributed by atoms with Gasteiger partial charge in [0.25, 0.3) is 5.56 Å². The summed E-state index contributed by atoms with van der Waals surface area (Å²) in [4.78, 5) is 17.0. The second-order valence-electron chi connectivity index (χ2n) is 5.79. The molecule has 0 bridgehead atoms. The minimum Gasteiger partial charge on any atom is -0.269 e. The maximum atomic E-state index is 14.4. The molecule has 0 unspecified atom stereocenters. The van der Waals surface area contributed by atoms with Crippen LogP contribution < -0.4 is 5.56 Å². The third-order valence-corrected chi connectivity index (χ3v) is 4.96. The molecule has 0 atom stereocenters. The highest BCUT2D eigenvalue weighted by atomic mass is 35.5. The second kappa shape index (κ2) is 6.97. The van der Waals surface area contributed by atoms with Crippen LogP contribution in [0.3, 0.4) is 0 Å². The smallest absolute Gasteiger partial charge is 0.256 e. The normalized spacial score (nSPS) is 11.1. The topological polar surface area (TPSA) is 34.9 Å². The first-order valence-electron chi connectivity index (χ1n) is 7.89. The fourth-order valence-electron chi connectivity index (χ4n) is 3.00. The average molecular weight is 420 g/mol. The number of hydrogen-bond acceptors (Lipinski definition) is 2. The van der Waals surface area contributed by atoms with Crippen LogP contribution in [-0.4, -0.2) is 9.55 Å². The highest BCUT2D eigenvalue weighted by Crippen LogP contribution is 2.34. The molecule has 0 aliphatic heterocycles. The van der Waals surface area contributed by atoms with Gasteiger partial charge in [-0.15, -0.1) is 0 Å². The molecular formula is C20H10Cl3FN2O. The van der Waals surface area contributed by atoms with E-state index in [9.17, 15) is 9.18 Å². The van der Waals surface area contributed by atoms with Gasteiger partial charge in [-0.3, -0.25) is 9.36 Å². The van der Waals surface area contributed by atoms with Gasteiger partial charge in [0.05, 0.1) is 15.7 Å². The van der Waals surface area contributed by atoms with Crippen molar-refractivity contribution in [3.05, 3.63) is 92.0 Å². The van der Waals surface area contributed by atoms with Crippen molar-refractivity contribution >= 4 is 45.8 Å². The number of halogens is 4. The van der Waals surface area contributed by atoms with Crippen LogP contribution in [0.1, 0.15) is 0 Å². The summed E-state index contributed by atoms with van der Waals surface area (Å²) in [6.45, 7) is 0. The summed E-state index contributed by atoms with van der Waals surface area (Å²) in [6, 6.07) is 15.7. The Hall–Kier alpha value is -2.40. The van der Waals surface area contributed by atoms with Gasteiger partial charge in [-0.2, -0.15) is 0 Å². The first-order chi connectivity index (χ1) is 13.0. The van der Waals surface area contributed by atoms with Crippen molar-refractivity contribution in [3.63, 3.8) is 0 Å². The van der Waals surface area contributed by atoms with E-state index < -0.39 is 5.82 Å². The van der Waals surface area contributed by atoms with Gasteiger partial charge in [0, 0.05) is 17.0 Å². The molecule has 0 aliphatic rings. The van der Waals surface area contributed by atoms with E-state index in [2.05, 4.69) is 4.98 Å². The van der Waals surface area contributed by atoms with Crippen LogP contribution in [0.15, 0.2) is 65.5 Å². The van der Waals surface area contributed by atoms with Gasteiger partial charge in [-0.25, -0.2) is 9.37 Å². The van der Waals surface area contributed by atoms with Crippen LogP contribution in [0, 0.1) is 5.82 Å². The minimum absolute atomic E-state index is 0.114. The van der Waals surface area contributed by atoms with Crippen molar-refractivity contribution in [1.82, 2.24) is 9.55 Å². The van der Waals surface area contributed by atoms with Gasteiger partial charge in [0.15, 0.2) is 0 Å². The number of benzene rings is 2. The monoisotopic (exact) mass is 418 g/mol. The van der Waals surface area contributed by atoms with E-state index in [1.807, 2.05) is 0 Å². The summed E-state index contributed by atoms with van der Waals surface area (Å²) < 4.78 is 15.7. The summed E-state index contributed by atoms with van der Waals surface area (Å²) >= 11 is 18.8. The van der Waals surface area contributed by atoms with Crippen LogP contribution >= 0.6 is 34.8 Å². The van der Waals surface area contributed by atoms with Crippen LogP contribution in [0.25, 0.3) is 27.8 Å². The lowest BCUT2D eigenvalue weighted by atomic mass is 10.0. The zero-order chi connectivity index (χ0) is 19.1. The van der Waals surface area contributed by atoms with Crippen molar-refractivity contribution in [3.8, 4) is 16.8 Å². The van der Waals surface area contributed by atoms with Gasteiger partial charge >= 0.3 is 0 Å². The third kappa shape index (κ3) is 3.10. The van der Waals surface area contributed by atoms with E-state index in [0.29, 0.717) is 22.2 Å². The van der Waals surface area contributed by atoms with E-state index in [-0.39, 0.29) is 26.4 Å². The molecule has 2 aromatic heterocycles. The Labute approximate surface area is 168 Å². The molecule has 0 aliphatic carbocycles. The SMILES string of the molecule is O=c1ccc2c(-c3ccccc3F)cc(Cl)nc2n1-c1c(Cl)cccc1Cl. The number of aromatic nitrogens is 2. The van der Waals surface area contributed by atoms with Gasteiger partial charge < -0.3 is 0 Å². The molecule has 27 heavy (non-hydrogen) atoms. The molecule has 2 heterocycles. The molecule has 0 saturated carbocycles. The first kappa shape index (κ1) is 18.0. The third-order valence-electron chi connectivity index (χ3n) is 4.16. The number of para-hydroxylation sites is 1. The van der Waals surface area contributed by atoms with Crippen molar-refractivity contribution < 1.29 is 4.39 Å². The Bertz CT molecular complexity index is 1230. The van der Waals surface area contributed by atoms with Gasteiger partial charge in [0.2, 0.25) is 0 Å². The van der Waals surface area contributed by atoms with Crippen molar-refractivity contribution in [1.29, 1.82) is 0 Å². The number of hydrogen-bond donors (Lipinski definition) is 0. The highest BCUT2D eigenvalue weighted by molar-refractivity contribution is 6.38. The molecule has 7 heteroatoms. The summed E-state index contributed by atoms with van der Waals surface area (Å²) in [5.41, 5.74) is 1.02. The van der Waals surface area contributed by atoms with Crippen LogP contribution in [0.2, 0.25) is 15.2 Å². The molecule has 0 radical (unpaired) electrons. The molecule has 0 fully saturated rings. The number of pyridine rings is 2. The molecule has 0 saturated heterocycles. The van der Waals surface area contributed by atoms with E-state index in [4.69, 9.17) is 34.8 Å². The Balaban J connectivity index is 2.16. The number of nitrogens with zero attached hydrogens (tertiary/aromatic N) is 2. The number of fused-ring (bicyclic) bond motifs is 1. The Morgan fingerprint density at radius 2 is 1.56 bits per heavy atom. The van der Waals surface area contributed by atoms with Crippen LogP contribution in [0.4, 0.5) is 4.39 Å². The van der Waals surface area contributed by atoms with Crippen LogP contribution in [0.5, 0.6) is 0 Å². The summed E-state index contributed by atoms with van der Waals surface area (Å²) in [6.07, 6.45) is 0. The molecule has 3 nitrogen and oxygen atoms in total. The maximum absolute atomic E-state index is 14.4. The molecule has 2 aromatic carbocycles. The molecule has 4 rings (SSSR count). The van der Waals surface area contributed by atoms with E-state index in [1.54, 1.807) is 48.5 Å². The minimum atomic E-state index is -0.408. The van der Waals surface area contributed by atoms with E-state index in [0.717, 1.165) is 0 Å². The molecule has 0 amide bonds. The largest absolute Gasteiger partial charge is 0.269 e. The number of rotatable bonds is 2. The summed E-state index contributed by atoms with van der Waals surface area (Å²) in [7, 11) is 0. The van der Waals surface area contributed by atoms with Crippen molar-refractivity contribution in [2.75, 3.05) is 0 Å². The molecule has 0 spiro atoms. The lowest BCUT2D eigenvalue weighted by Crippen LogP contribution is -2.19. The lowest BCUT2D eigenvalue weighted by Gasteiger charge is -2.15. The fraction of sp³-hybridized carbons (Fsp3) is 0. The Kier molecular flexibility index (Phi) is 4.64. The van der Waals surface area contributed by atoms with Crippen LogP contribution in [-0.2, 0) is 0 Å². The van der Waals surface area contributed by atoms with Crippen molar-refractivity contribution in [2.24, 2.45) is 0 Å². The average Bonchev–Trinajstić information content (AvgIpc) is 2.63. The second-order valence-corrected chi connectivity index (χ2v) is 6.99. The maximum Gasteiger partial charge on any atom is 0.256 e. The molecule has 0 N–H and O–H groups in total. The Morgan fingerprint density at radius 1 is 0.852 bits per heavy atom.